The van der Waals surface area contributed by atoms with E-state index in [0.717, 1.165) is 12.8 Å². The number of methoxy groups -OCH3 is 1. The summed E-state index contributed by atoms with van der Waals surface area (Å²) in [4.78, 5) is 50.2. The van der Waals surface area contributed by atoms with Crippen molar-refractivity contribution in [3.8, 4) is 11.6 Å². The number of hydrogen-bond donors (Lipinski definition) is 1. The minimum atomic E-state index is -0.721. The van der Waals surface area contributed by atoms with Gasteiger partial charge in [0.25, 0.3) is 17.6 Å². The van der Waals surface area contributed by atoms with E-state index in [1.807, 2.05) is 32.0 Å². The molecule has 10 heteroatoms. The number of Topliss-reactive ketones (excluding diaryl/α,β-unsaturated/α-hetero) is 1. The van der Waals surface area contributed by atoms with Crippen LogP contribution in [0, 0.1) is 0 Å². The van der Waals surface area contributed by atoms with Crippen LogP contribution in [-0.4, -0.2) is 88.5 Å². The summed E-state index contributed by atoms with van der Waals surface area (Å²) in [6.07, 6.45) is 4.90. The van der Waals surface area contributed by atoms with Gasteiger partial charge in [-0.05, 0) is 46.2 Å². The Bertz CT molecular complexity index is 1390. The minimum absolute atomic E-state index is 0.0901. The molecule has 0 atom stereocenters. The number of hydrogen-bond acceptors (Lipinski definition) is 7. The Balaban J connectivity index is 1.49. The highest BCUT2D eigenvalue weighted by atomic mass is 16.6. The minimum Gasteiger partial charge on any atom is -0.494 e. The molecular formula is C31H40N4O6. The average molecular weight is 565 g/mol. The molecule has 1 fully saturated rings. The number of aromatic nitrogens is 2. The predicted molar refractivity (Wildman–Crippen MR) is 156 cm³/mol. The van der Waals surface area contributed by atoms with Gasteiger partial charge in [0.05, 0.1) is 36.5 Å². The summed E-state index contributed by atoms with van der Waals surface area (Å²) >= 11 is 0. The molecule has 1 aliphatic rings. The van der Waals surface area contributed by atoms with Crippen LogP contribution in [0.3, 0.4) is 0 Å². The summed E-state index contributed by atoms with van der Waals surface area (Å²) in [5.74, 6) is -0.763. The van der Waals surface area contributed by atoms with E-state index in [1.165, 1.54) is 24.4 Å². The van der Waals surface area contributed by atoms with Crippen molar-refractivity contribution in [2.75, 3.05) is 39.9 Å². The van der Waals surface area contributed by atoms with Gasteiger partial charge < -0.3 is 29.0 Å². The number of benzene rings is 1. The molecular weight excluding hydrogens is 524 g/mol. The lowest BCUT2D eigenvalue weighted by Crippen LogP contribution is -2.52. The first-order valence-electron chi connectivity index (χ1n) is 14.0. The van der Waals surface area contributed by atoms with Gasteiger partial charge in [-0.25, -0.2) is 4.98 Å². The predicted octanol–water partition coefficient (Wildman–Crippen LogP) is 4.49. The average Bonchev–Trinajstić information content (AvgIpc) is 3.42. The van der Waals surface area contributed by atoms with Crippen molar-refractivity contribution in [1.29, 1.82) is 0 Å². The van der Waals surface area contributed by atoms with Crippen LogP contribution < -0.4 is 9.47 Å². The molecule has 0 unspecified atom stereocenters. The maximum Gasteiger partial charge on any atom is 0.295 e. The number of carbonyl (C=O) groups is 3. The molecule has 3 heterocycles. The third-order valence-electron chi connectivity index (χ3n) is 7.21. The van der Waals surface area contributed by atoms with Crippen LogP contribution in [-0.2, 0) is 9.53 Å². The molecule has 220 valence electrons. The van der Waals surface area contributed by atoms with Gasteiger partial charge in [-0.15, -0.1) is 0 Å². The molecule has 0 spiro atoms. The van der Waals surface area contributed by atoms with Crippen molar-refractivity contribution in [1.82, 2.24) is 19.8 Å². The van der Waals surface area contributed by atoms with Gasteiger partial charge in [-0.1, -0.05) is 31.5 Å². The van der Waals surface area contributed by atoms with E-state index in [-0.39, 0.29) is 36.0 Å². The maximum absolute atomic E-state index is 13.5. The zero-order chi connectivity index (χ0) is 29.8. The molecule has 4 rings (SSSR count). The molecule has 3 aromatic rings. The molecule has 0 bridgehead atoms. The molecule has 1 N–H and O–H groups in total. The number of ketones is 1. The summed E-state index contributed by atoms with van der Waals surface area (Å²) in [6.45, 7) is 11.6. The van der Waals surface area contributed by atoms with Gasteiger partial charge in [0.15, 0.2) is 0 Å². The van der Waals surface area contributed by atoms with E-state index >= 15 is 0 Å². The largest absolute Gasteiger partial charge is 0.494 e. The van der Waals surface area contributed by atoms with Crippen LogP contribution >= 0.6 is 0 Å². The second-order valence-corrected chi connectivity index (χ2v) is 11.5. The lowest BCUT2D eigenvalue weighted by Gasteiger charge is -2.34. The molecule has 2 aromatic heterocycles. The van der Waals surface area contributed by atoms with Crippen molar-refractivity contribution in [3.05, 3.63) is 53.9 Å². The van der Waals surface area contributed by atoms with Crippen molar-refractivity contribution in [3.63, 3.8) is 0 Å². The summed E-state index contributed by atoms with van der Waals surface area (Å²) in [7, 11) is 1.48. The summed E-state index contributed by atoms with van der Waals surface area (Å²) in [6, 6.07) is 9.02. The molecule has 41 heavy (non-hydrogen) atoms. The summed E-state index contributed by atoms with van der Waals surface area (Å²) in [5, 5.41) is 0.428. The number of rotatable bonds is 11. The van der Waals surface area contributed by atoms with Crippen molar-refractivity contribution >= 4 is 28.5 Å². The van der Waals surface area contributed by atoms with Crippen LogP contribution in [0.4, 0.5) is 0 Å². The van der Waals surface area contributed by atoms with Crippen LogP contribution in [0.15, 0.2) is 42.7 Å². The van der Waals surface area contributed by atoms with Crippen LogP contribution in [0.1, 0.15) is 68.2 Å². The number of carbonyl (C=O) groups excluding carboxylic acids is 3. The number of amides is 2. The lowest BCUT2D eigenvalue weighted by atomic mass is 10.0. The number of nitrogens with one attached hydrogen (secondary N) is 1. The topological polar surface area (TPSA) is 114 Å². The van der Waals surface area contributed by atoms with E-state index in [4.69, 9.17) is 14.2 Å². The highest BCUT2D eigenvalue weighted by molar-refractivity contribution is 6.45. The van der Waals surface area contributed by atoms with Crippen molar-refractivity contribution < 1.29 is 28.6 Å². The SMILES string of the molecule is CCCC(C)(C)OCC(C)(C)Oc1ncc(OC)c2c(C(=O)C(=O)N3CCN(C(=O)c4ccccc4)CC3)c[nH]c12. The zero-order valence-corrected chi connectivity index (χ0v) is 24.8. The monoisotopic (exact) mass is 564 g/mol. The van der Waals surface area contributed by atoms with Gasteiger partial charge in [0.1, 0.15) is 16.9 Å². The van der Waals surface area contributed by atoms with Crippen LogP contribution in [0.25, 0.3) is 10.9 Å². The first-order valence-corrected chi connectivity index (χ1v) is 14.0. The molecule has 1 saturated heterocycles. The van der Waals surface area contributed by atoms with Crippen LogP contribution in [0.2, 0.25) is 0 Å². The van der Waals surface area contributed by atoms with E-state index < -0.39 is 17.3 Å². The van der Waals surface area contributed by atoms with Gasteiger partial charge in [0, 0.05) is 37.9 Å². The Morgan fingerprint density at radius 2 is 1.63 bits per heavy atom. The number of fused-ring (bicyclic) bond motifs is 1. The number of nitrogens with zero attached hydrogens (tertiary/aromatic N) is 3. The van der Waals surface area contributed by atoms with E-state index in [1.54, 1.807) is 17.0 Å². The fourth-order valence-corrected chi connectivity index (χ4v) is 4.97. The van der Waals surface area contributed by atoms with Gasteiger partial charge >= 0.3 is 0 Å². The Morgan fingerprint density at radius 1 is 0.976 bits per heavy atom. The van der Waals surface area contributed by atoms with Gasteiger partial charge in [-0.2, -0.15) is 0 Å². The Hall–Kier alpha value is -3.92. The lowest BCUT2D eigenvalue weighted by molar-refractivity contribution is -0.127. The number of H-pyrrole nitrogens is 1. The smallest absolute Gasteiger partial charge is 0.295 e. The Labute approximate surface area is 241 Å². The Morgan fingerprint density at radius 3 is 2.27 bits per heavy atom. The van der Waals surface area contributed by atoms with E-state index in [2.05, 4.69) is 30.7 Å². The summed E-state index contributed by atoms with van der Waals surface area (Å²) < 4.78 is 17.9. The van der Waals surface area contributed by atoms with Crippen molar-refractivity contribution in [2.24, 2.45) is 0 Å². The van der Waals surface area contributed by atoms with Crippen molar-refractivity contribution in [2.45, 2.75) is 58.7 Å². The molecule has 10 nitrogen and oxygen atoms in total. The fourth-order valence-electron chi connectivity index (χ4n) is 4.97. The zero-order valence-electron chi connectivity index (χ0n) is 24.8. The van der Waals surface area contributed by atoms with Crippen LogP contribution in [0.5, 0.6) is 11.6 Å². The number of aromatic amines is 1. The number of pyridine rings is 1. The van der Waals surface area contributed by atoms with Gasteiger partial charge in [-0.3, -0.25) is 14.4 Å². The fraction of sp³-hybridized carbons (Fsp3) is 0.484. The molecule has 2 amide bonds. The second kappa shape index (κ2) is 12.3. The third kappa shape index (κ3) is 6.87. The standard InChI is InChI=1S/C31H40N4O6/c1-7-13-30(2,3)40-20-31(4,5)41-27-25-24(23(39-6)19-33-27)22(18-32-25)26(36)29(38)35-16-14-34(15-17-35)28(37)21-11-9-8-10-12-21/h8-12,18-19,32H,7,13-17,20H2,1-6H3. The molecule has 0 aliphatic carbocycles. The first kappa shape index (κ1) is 30.0. The molecule has 0 radical (unpaired) electrons. The highest BCUT2D eigenvalue weighted by Crippen LogP contribution is 2.35. The van der Waals surface area contributed by atoms with E-state index in [9.17, 15) is 14.4 Å². The second-order valence-electron chi connectivity index (χ2n) is 11.5. The normalized spacial score (nSPS) is 14.3. The number of piperazine rings is 1. The van der Waals surface area contributed by atoms with Gasteiger partial charge in [0.2, 0.25) is 5.88 Å². The highest BCUT2D eigenvalue weighted by Gasteiger charge is 2.33. The molecule has 1 aliphatic heterocycles. The Kier molecular flexibility index (Phi) is 9.01. The molecule has 0 saturated carbocycles. The third-order valence-corrected chi connectivity index (χ3v) is 7.21. The number of ether oxygens (including phenoxy) is 3. The summed E-state index contributed by atoms with van der Waals surface area (Å²) in [5.41, 5.74) is 0.224. The van der Waals surface area contributed by atoms with E-state index in [0.29, 0.717) is 41.9 Å². The maximum atomic E-state index is 13.5. The first-order chi connectivity index (χ1) is 19.5. The molecule has 1 aromatic carbocycles. The quantitative estimate of drug-likeness (QED) is 0.270.